The topological polar surface area (TPSA) is 81.5 Å². The van der Waals surface area contributed by atoms with Crippen molar-refractivity contribution in [3.05, 3.63) is 67.7 Å². The number of non-ortho nitro benzene ring substituents is 1. The second-order valence-electron chi connectivity index (χ2n) is 4.88. The molecule has 0 aromatic heterocycles. The summed E-state index contributed by atoms with van der Waals surface area (Å²) in [4.78, 5) is 22.5. The zero-order chi connectivity index (χ0) is 17.7. The number of rotatable bonds is 6. The molecule has 0 aliphatic heterocycles. The molecule has 0 spiro atoms. The van der Waals surface area contributed by atoms with Crippen LogP contribution in [0.2, 0.25) is 10.0 Å². The Balaban J connectivity index is 2.06. The highest BCUT2D eigenvalue weighted by atomic mass is 35.5. The Bertz CT molecular complexity index is 781. The first-order chi connectivity index (χ1) is 11.4. The maximum atomic E-state index is 12.3. The van der Waals surface area contributed by atoms with E-state index in [4.69, 9.17) is 27.9 Å². The zero-order valence-corrected chi connectivity index (χ0v) is 14.2. The first kappa shape index (κ1) is 18.0. The second-order valence-corrected chi connectivity index (χ2v) is 5.73. The van der Waals surface area contributed by atoms with E-state index in [-0.39, 0.29) is 17.0 Å². The van der Waals surface area contributed by atoms with E-state index in [1.807, 2.05) is 0 Å². The molecular weight excluding hydrogens is 355 g/mol. The van der Waals surface area contributed by atoms with Gasteiger partial charge < -0.3 is 10.1 Å². The van der Waals surface area contributed by atoms with E-state index >= 15 is 0 Å². The average molecular weight is 369 g/mol. The number of methoxy groups -OCH3 is 1. The summed E-state index contributed by atoms with van der Waals surface area (Å²) in [5, 5.41) is 14.6. The summed E-state index contributed by atoms with van der Waals surface area (Å²) in [6, 6.07) is 8.98. The standard InChI is InChI=1S/C16H14Cl2N2O4/c1-24-15-5-4-12(20(22)23)9-13(15)16(21)19-7-6-10-2-3-11(17)8-14(10)18/h2-5,8-9H,6-7H2,1H3,(H,19,21). The van der Waals surface area contributed by atoms with Gasteiger partial charge in [0.1, 0.15) is 5.75 Å². The van der Waals surface area contributed by atoms with Gasteiger partial charge in [-0.25, -0.2) is 0 Å². The van der Waals surface area contributed by atoms with Crippen LogP contribution in [-0.2, 0) is 6.42 Å². The van der Waals surface area contributed by atoms with Crippen molar-refractivity contribution in [3.8, 4) is 5.75 Å². The molecule has 0 saturated heterocycles. The van der Waals surface area contributed by atoms with Crippen molar-refractivity contribution >= 4 is 34.8 Å². The Morgan fingerprint density at radius 2 is 2.00 bits per heavy atom. The highest BCUT2D eigenvalue weighted by molar-refractivity contribution is 6.35. The molecule has 2 rings (SSSR count). The van der Waals surface area contributed by atoms with Crippen LogP contribution >= 0.6 is 23.2 Å². The Labute approximate surface area is 148 Å². The van der Waals surface area contributed by atoms with Crippen LogP contribution in [-0.4, -0.2) is 24.5 Å². The van der Waals surface area contributed by atoms with Gasteiger partial charge in [-0.2, -0.15) is 0 Å². The lowest BCUT2D eigenvalue weighted by molar-refractivity contribution is -0.384. The van der Waals surface area contributed by atoms with E-state index in [0.717, 1.165) is 5.56 Å². The van der Waals surface area contributed by atoms with Crippen LogP contribution in [0.5, 0.6) is 5.75 Å². The van der Waals surface area contributed by atoms with Crippen LogP contribution in [0.25, 0.3) is 0 Å². The Hall–Kier alpha value is -2.31. The molecule has 8 heteroatoms. The van der Waals surface area contributed by atoms with E-state index < -0.39 is 10.8 Å². The van der Waals surface area contributed by atoms with Crippen molar-refractivity contribution in [2.24, 2.45) is 0 Å². The number of nitrogens with zero attached hydrogens (tertiary/aromatic N) is 1. The van der Waals surface area contributed by atoms with Crippen molar-refractivity contribution in [1.82, 2.24) is 5.32 Å². The first-order valence-corrected chi connectivity index (χ1v) is 7.72. The zero-order valence-electron chi connectivity index (χ0n) is 12.7. The molecule has 6 nitrogen and oxygen atoms in total. The third kappa shape index (κ3) is 4.37. The number of amides is 1. The van der Waals surface area contributed by atoms with Gasteiger partial charge in [0.05, 0.1) is 17.6 Å². The fraction of sp³-hybridized carbons (Fsp3) is 0.188. The lowest BCUT2D eigenvalue weighted by Gasteiger charge is -2.10. The Morgan fingerprint density at radius 1 is 1.25 bits per heavy atom. The number of nitro groups is 1. The number of carbonyl (C=O) groups is 1. The predicted octanol–water partition coefficient (Wildman–Crippen LogP) is 3.88. The van der Waals surface area contributed by atoms with E-state index in [1.54, 1.807) is 18.2 Å². The van der Waals surface area contributed by atoms with Crippen LogP contribution in [0.4, 0.5) is 5.69 Å². The van der Waals surface area contributed by atoms with Crippen LogP contribution in [0, 0.1) is 10.1 Å². The van der Waals surface area contributed by atoms with Gasteiger partial charge in [-0.1, -0.05) is 29.3 Å². The lowest BCUT2D eigenvalue weighted by Crippen LogP contribution is -2.26. The summed E-state index contributed by atoms with van der Waals surface area (Å²) >= 11 is 11.9. The van der Waals surface area contributed by atoms with E-state index in [1.165, 1.54) is 25.3 Å². The van der Waals surface area contributed by atoms with Crippen molar-refractivity contribution in [3.63, 3.8) is 0 Å². The SMILES string of the molecule is COc1ccc([N+](=O)[O-])cc1C(=O)NCCc1ccc(Cl)cc1Cl. The number of hydrogen-bond donors (Lipinski definition) is 1. The number of benzene rings is 2. The molecule has 0 atom stereocenters. The van der Waals surface area contributed by atoms with Crippen molar-refractivity contribution in [2.45, 2.75) is 6.42 Å². The van der Waals surface area contributed by atoms with Gasteiger partial charge in [0, 0.05) is 28.7 Å². The molecule has 0 aliphatic carbocycles. The molecule has 2 aromatic rings. The van der Waals surface area contributed by atoms with E-state index in [2.05, 4.69) is 5.32 Å². The van der Waals surface area contributed by atoms with Gasteiger partial charge in [-0.15, -0.1) is 0 Å². The summed E-state index contributed by atoms with van der Waals surface area (Å²) in [5.74, 6) is -0.191. The molecule has 1 amide bonds. The largest absolute Gasteiger partial charge is 0.496 e. The summed E-state index contributed by atoms with van der Waals surface area (Å²) in [5.41, 5.74) is 0.767. The lowest BCUT2D eigenvalue weighted by atomic mass is 10.1. The minimum Gasteiger partial charge on any atom is -0.496 e. The summed E-state index contributed by atoms with van der Waals surface area (Å²) in [6.45, 7) is 0.312. The maximum absolute atomic E-state index is 12.3. The average Bonchev–Trinajstić information content (AvgIpc) is 2.56. The fourth-order valence-electron chi connectivity index (χ4n) is 2.12. The van der Waals surface area contributed by atoms with Gasteiger partial charge in [-0.05, 0) is 30.2 Å². The molecule has 0 saturated carbocycles. The van der Waals surface area contributed by atoms with Crippen molar-refractivity contribution < 1.29 is 14.5 Å². The number of halogens is 2. The first-order valence-electron chi connectivity index (χ1n) is 6.97. The fourth-order valence-corrected chi connectivity index (χ4v) is 2.62. The van der Waals surface area contributed by atoms with Gasteiger partial charge in [0.2, 0.25) is 0 Å². The summed E-state index contributed by atoms with van der Waals surface area (Å²) in [7, 11) is 1.39. The van der Waals surface area contributed by atoms with Crippen LogP contribution in [0.15, 0.2) is 36.4 Å². The van der Waals surface area contributed by atoms with Crippen molar-refractivity contribution in [1.29, 1.82) is 0 Å². The molecule has 0 aliphatic rings. The molecule has 24 heavy (non-hydrogen) atoms. The molecule has 0 radical (unpaired) electrons. The molecular formula is C16H14Cl2N2O4. The third-order valence-electron chi connectivity index (χ3n) is 3.33. The normalized spacial score (nSPS) is 10.3. The highest BCUT2D eigenvalue weighted by Crippen LogP contribution is 2.24. The number of ether oxygens (including phenoxy) is 1. The molecule has 0 bridgehead atoms. The molecule has 0 heterocycles. The minimum atomic E-state index is -0.566. The van der Waals surface area contributed by atoms with Crippen LogP contribution < -0.4 is 10.1 Å². The van der Waals surface area contributed by atoms with Crippen LogP contribution in [0.3, 0.4) is 0 Å². The second kappa shape index (κ2) is 7.99. The van der Waals surface area contributed by atoms with Gasteiger partial charge in [0.25, 0.3) is 11.6 Å². The monoisotopic (exact) mass is 368 g/mol. The number of carbonyl (C=O) groups excluding carboxylic acids is 1. The van der Waals surface area contributed by atoms with E-state index in [0.29, 0.717) is 23.0 Å². The van der Waals surface area contributed by atoms with E-state index in [9.17, 15) is 14.9 Å². The van der Waals surface area contributed by atoms with Gasteiger partial charge in [0.15, 0.2) is 0 Å². The maximum Gasteiger partial charge on any atom is 0.270 e. The quantitative estimate of drug-likeness (QED) is 0.619. The van der Waals surface area contributed by atoms with Crippen molar-refractivity contribution in [2.75, 3.05) is 13.7 Å². The molecule has 0 unspecified atom stereocenters. The number of hydrogen-bond acceptors (Lipinski definition) is 4. The molecule has 0 fully saturated rings. The minimum absolute atomic E-state index is 0.105. The van der Waals surface area contributed by atoms with Gasteiger partial charge >= 0.3 is 0 Å². The third-order valence-corrected chi connectivity index (χ3v) is 3.92. The Kier molecular flexibility index (Phi) is 6.00. The number of nitro benzene ring substituents is 1. The number of nitrogens with one attached hydrogen (secondary N) is 1. The molecule has 1 N–H and O–H groups in total. The molecule has 126 valence electrons. The predicted molar refractivity (Wildman–Crippen MR) is 92.1 cm³/mol. The highest BCUT2D eigenvalue weighted by Gasteiger charge is 2.17. The smallest absolute Gasteiger partial charge is 0.270 e. The van der Waals surface area contributed by atoms with Gasteiger partial charge in [-0.3, -0.25) is 14.9 Å². The van der Waals surface area contributed by atoms with Crippen LogP contribution in [0.1, 0.15) is 15.9 Å². The summed E-state index contributed by atoms with van der Waals surface area (Å²) < 4.78 is 5.08. The Morgan fingerprint density at radius 3 is 2.62 bits per heavy atom. The molecule has 2 aromatic carbocycles. The summed E-state index contributed by atoms with van der Waals surface area (Å²) in [6.07, 6.45) is 0.499.